The van der Waals surface area contributed by atoms with Crippen molar-refractivity contribution in [2.45, 2.75) is 18.2 Å². The molecule has 14 heavy (non-hydrogen) atoms. The molecule has 0 spiro atoms. The molecule has 0 nitrogen and oxygen atoms in total. The number of benzene rings is 1. The summed E-state index contributed by atoms with van der Waals surface area (Å²) in [6.07, 6.45) is 1.04. The van der Waals surface area contributed by atoms with Crippen LogP contribution in [0.1, 0.15) is 16.0 Å². The van der Waals surface area contributed by atoms with Crippen molar-refractivity contribution >= 4 is 24.0 Å². The lowest BCUT2D eigenvalue weighted by Crippen LogP contribution is -1.85. The average molecular weight is 220 g/mol. The lowest BCUT2D eigenvalue weighted by molar-refractivity contribution is 1.20. The SMILES string of the molecule is Cc1ccsc1Cc1ccc(S)cc1. The first-order valence-corrected chi connectivity index (χ1v) is 5.89. The molecule has 1 heterocycles. The Morgan fingerprint density at radius 2 is 1.86 bits per heavy atom. The number of hydrogen-bond donors (Lipinski definition) is 1. The third-order valence-corrected chi connectivity index (χ3v) is 3.59. The largest absolute Gasteiger partial charge is 0.148 e. The third kappa shape index (κ3) is 2.20. The van der Waals surface area contributed by atoms with E-state index in [4.69, 9.17) is 0 Å². The molecule has 0 saturated heterocycles. The van der Waals surface area contributed by atoms with Crippen molar-refractivity contribution in [2.24, 2.45) is 0 Å². The zero-order valence-corrected chi connectivity index (χ0v) is 9.74. The van der Waals surface area contributed by atoms with E-state index in [0.717, 1.165) is 11.3 Å². The van der Waals surface area contributed by atoms with Crippen molar-refractivity contribution < 1.29 is 0 Å². The summed E-state index contributed by atoms with van der Waals surface area (Å²) in [6.45, 7) is 2.17. The smallest absolute Gasteiger partial charge is 0.0118 e. The third-order valence-electron chi connectivity index (χ3n) is 2.27. The number of thiophene rings is 1. The number of aryl methyl sites for hydroxylation is 1. The van der Waals surface area contributed by atoms with Gasteiger partial charge in [0.15, 0.2) is 0 Å². The molecule has 0 fully saturated rings. The predicted molar refractivity (Wildman–Crippen MR) is 65.6 cm³/mol. The van der Waals surface area contributed by atoms with Gasteiger partial charge in [-0.3, -0.25) is 0 Å². The first-order chi connectivity index (χ1) is 6.75. The van der Waals surface area contributed by atoms with E-state index >= 15 is 0 Å². The molecule has 2 rings (SSSR count). The molecule has 72 valence electrons. The van der Waals surface area contributed by atoms with Gasteiger partial charge in [-0.05, 0) is 41.6 Å². The maximum absolute atomic E-state index is 4.27. The van der Waals surface area contributed by atoms with Crippen LogP contribution in [0.5, 0.6) is 0 Å². The molecule has 0 atom stereocenters. The van der Waals surface area contributed by atoms with Crippen LogP contribution >= 0.6 is 24.0 Å². The van der Waals surface area contributed by atoms with E-state index in [1.54, 1.807) is 0 Å². The van der Waals surface area contributed by atoms with E-state index in [-0.39, 0.29) is 0 Å². The van der Waals surface area contributed by atoms with Crippen LogP contribution in [0.25, 0.3) is 0 Å². The zero-order valence-electron chi connectivity index (χ0n) is 8.03. The summed E-state index contributed by atoms with van der Waals surface area (Å²) in [4.78, 5) is 2.48. The maximum Gasteiger partial charge on any atom is 0.0118 e. The van der Waals surface area contributed by atoms with Gasteiger partial charge in [0.1, 0.15) is 0 Å². The summed E-state index contributed by atoms with van der Waals surface area (Å²) < 4.78 is 0. The molecule has 0 amide bonds. The highest BCUT2D eigenvalue weighted by molar-refractivity contribution is 7.80. The molecule has 0 radical (unpaired) electrons. The van der Waals surface area contributed by atoms with E-state index in [9.17, 15) is 0 Å². The summed E-state index contributed by atoms with van der Waals surface area (Å²) in [5.41, 5.74) is 2.75. The lowest BCUT2D eigenvalue weighted by Gasteiger charge is -2.00. The van der Waals surface area contributed by atoms with Gasteiger partial charge in [0.05, 0.1) is 0 Å². The highest BCUT2D eigenvalue weighted by Crippen LogP contribution is 2.20. The Bertz CT molecular complexity index is 412. The van der Waals surface area contributed by atoms with Gasteiger partial charge < -0.3 is 0 Å². The Hall–Kier alpha value is -0.730. The van der Waals surface area contributed by atoms with Crippen LogP contribution in [0.15, 0.2) is 40.6 Å². The van der Waals surface area contributed by atoms with E-state index in [0.29, 0.717) is 0 Å². The van der Waals surface area contributed by atoms with Crippen LogP contribution in [-0.2, 0) is 6.42 Å². The Morgan fingerprint density at radius 3 is 2.43 bits per heavy atom. The summed E-state index contributed by atoms with van der Waals surface area (Å²) in [6, 6.07) is 10.5. The molecular formula is C12H12S2. The normalized spacial score (nSPS) is 10.4. The Kier molecular flexibility index (Phi) is 2.94. The zero-order chi connectivity index (χ0) is 9.97. The fourth-order valence-electron chi connectivity index (χ4n) is 1.38. The second-order valence-corrected chi connectivity index (χ2v) is 4.89. The predicted octanol–water partition coefficient (Wildman–Crippen LogP) is 3.94. The van der Waals surface area contributed by atoms with Crippen molar-refractivity contribution in [1.82, 2.24) is 0 Å². The standard InChI is InChI=1S/C12H12S2/c1-9-6-7-14-12(9)8-10-2-4-11(13)5-3-10/h2-7,13H,8H2,1H3. The monoisotopic (exact) mass is 220 g/mol. The second-order valence-electron chi connectivity index (χ2n) is 3.37. The van der Waals surface area contributed by atoms with Crippen molar-refractivity contribution in [1.29, 1.82) is 0 Å². The van der Waals surface area contributed by atoms with Crippen molar-refractivity contribution in [3.8, 4) is 0 Å². The number of hydrogen-bond acceptors (Lipinski definition) is 2. The Balaban J connectivity index is 2.19. The molecule has 2 aromatic rings. The van der Waals surface area contributed by atoms with E-state index < -0.39 is 0 Å². The summed E-state index contributed by atoms with van der Waals surface area (Å²) >= 11 is 6.10. The summed E-state index contributed by atoms with van der Waals surface area (Å²) in [5.74, 6) is 0. The molecule has 1 aromatic heterocycles. The fraction of sp³-hybridized carbons (Fsp3) is 0.167. The summed E-state index contributed by atoms with van der Waals surface area (Å²) in [5, 5.41) is 2.15. The fourth-order valence-corrected chi connectivity index (χ4v) is 2.47. The van der Waals surface area contributed by atoms with Gasteiger partial charge in [-0.15, -0.1) is 24.0 Å². The van der Waals surface area contributed by atoms with Crippen molar-refractivity contribution in [3.05, 3.63) is 51.7 Å². The second kappa shape index (κ2) is 4.20. The van der Waals surface area contributed by atoms with E-state index in [1.807, 2.05) is 23.5 Å². The Labute approximate surface area is 94.0 Å². The van der Waals surface area contributed by atoms with E-state index in [2.05, 4.69) is 43.1 Å². The molecule has 0 aliphatic rings. The molecule has 0 bridgehead atoms. The highest BCUT2D eigenvalue weighted by Gasteiger charge is 2.00. The lowest BCUT2D eigenvalue weighted by atomic mass is 10.1. The van der Waals surface area contributed by atoms with Crippen LogP contribution < -0.4 is 0 Å². The Morgan fingerprint density at radius 1 is 1.14 bits per heavy atom. The molecule has 0 N–H and O–H groups in total. The van der Waals surface area contributed by atoms with Crippen molar-refractivity contribution in [3.63, 3.8) is 0 Å². The molecule has 0 unspecified atom stereocenters. The molecule has 1 aromatic carbocycles. The first-order valence-electron chi connectivity index (χ1n) is 4.56. The highest BCUT2D eigenvalue weighted by atomic mass is 32.1. The van der Waals surface area contributed by atoms with E-state index in [1.165, 1.54) is 16.0 Å². The minimum absolute atomic E-state index is 1.02. The molecule has 2 heteroatoms. The van der Waals surface area contributed by atoms with Crippen LogP contribution in [0.3, 0.4) is 0 Å². The summed E-state index contributed by atoms with van der Waals surface area (Å²) in [7, 11) is 0. The minimum atomic E-state index is 1.02. The topological polar surface area (TPSA) is 0 Å². The van der Waals surface area contributed by atoms with Crippen LogP contribution in [0.2, 0.25) is 0 Å². The number of thiol groups is 1. The van der Waals surface area contributed by atoms with Gasteiger partial charge in [-0.1, -0.05) is 12.1 Å². The van der Waals surface area contributed by atoms with Crippen LogP contribution in [0.4, 0.5) is 0 Å². The first kappa shape index (κ1) is 9.81. The van der Waals surface area contributed by atoms with Crippen LogP contribution in [0, 0.1) is 6.92 Å². The van der Waals surface area contributed by atoms with Gasteiger partial charge in [-0.2, -0.15) is 0 Å². The van der Waals surface area contributed by atoms with Crippen LogP contribution in [-0.4, -0.2) is 0 Å². The van der Waals surface area contributed by atoms with Gasteiger partial charge in [0, 0.05) is 16.2 Å². The van der Waals surface area contributed by atoms with Gasteiger partial charge in [0.25, 0.3) is 0 Å². The maximum atomic E-state index is 4.27. The average Bonchev–Trinajstić information content (AvgIpc) is 2.56. The molecule has 0 saturated carbocycles. The molecule has 0 aliphatic heterocycles. The molecular weight excluding hydrogens is 208 g/mol. The minimum Gasteiger partial charge on any atom is -0.148 e. The van der Waals surface area contributed by atoms with Crippen molar-refractivity contribution in [2.75, 3.05) is 0 Å². The van der Waals surface area contributed by atoms with Gasteiger partial charge >= 0.3 is 0 Å². The molecule has 0 aliphatic carbocycles. The van der Waals surface area contributed by atoms with Gasteiger partial charge in [-0.25, -0.2) is 0 Å². The number of rotatable bonds is 2. The quantitative estimate of drug-likeness (QED) is 0.728. The van der Waals surface area contributed by atoms with Gasteiger partial charge in [0.2, 0.25) is 0 Å².